The number of allylic oxidation sites excluding steroid dienone is 12. The molecular weight excluding hydrogens is 704 g/mol. The van der Waals surface area contributed by atoms with E-state index >= 15 is 0 Å². The van der Waals surface area contributed by atoms with Crippen molar-refractivity contribution in [3.05, 3.63) is 72.9 Å². The smallest absolute Gasteiger partial charge is 0.335 e. The van der Waals surface area contributed by atoms with Gasteiger partial charge >= 0.3 is 17.9 Å². The third-order valence-electron chi connectivity index (χ3n) is 8.83. The molecule has 1 aliphatic heterocycles. The molecule has 0 saturated carbocycles. The number of carboxylic acids is 1. The molecule has 4 N–H and O–H groups in total. The van der Waals surface area contributed by atoms with Crippen LogP contribution in [0, 0.1) is 0 Å². The molecule has 0 radical (unpaired) electrons. The van der Waals surface area contributed by atoms with Crippen LogP contribution in [0.3, 0.4) is 0 Å². The maximum Gasteiger partial charge on any atom is 0.335 e. The van der Waals surface area contributed by atoms with Gasteiger partial charge < -0.3 is 39.4 Å². The van der Waals surface area contributed by atoms with E-state index in [2.05, 4.69) is 74.6 Å². The number of carbonyl (C=O) groups excluding carboxylic acids is 2. The summed E-state index contributed by atoms with van der Waals surface area (Å²) in [6.07, 6.45) is 32.7. The van der Waals surface area contributed by atoms with Crippen molar-refractivity contribution in [1.82, 2.24) is 0 Å². The number of esters is 2. The summed E-state index contributed by atoms with van der Waals surface area (Å²) >= 11 is 0. The second-order valence-corrected chi connectivity index (χ2v) is 13.7. The molecule has 11 heteroatoms. The van der Waals surface area contributed by atoms with Gasteiger partial charge in [0.2, 0.25) is 0 Å². The normalized spacial score (nSPS) is 21.2. The van der Waals surface area contributed by atoms with Crippen molar-refractivity contribution in [2.24, 2.45) is 0 Å². The fraction of sp³-hybridized carbons (Fsp3) is 0.659. The van der Waals surface area contributed by atoms with E-state index in [1.54, 1.807) is 0 Å². The van der Waals surface area contributed by atoms with Crippen molar-refractivity contribution in [2.75, 3.05) is 13.2 Å². The van der Waals surface area contributed by atoms with Crippen LogP contribution in [0.5, 0.6) is 0 Å². The predicted molar refractivity (Wildman–Crippen MR) is 215 cm³/mol. The zero-order valence-corrected chi connectivity index (χ0v) is 33.4. The lowest BCUT2D eigenvalue weighted by molar-refractivity contribution is -0.298. The molecule has 1 fully saturated rings. The van der Waals surface area contributed by atoms with Crippen LogP contribution in [-0.4, -0.2) is 88.4 Å². The summed E-state index contributed by atoms with van der Waals surface area (Å²) in [4.78, 5) is 36.6. The fourth-order valence-electron chi connectivity index (χ4n) is 5.61. The minimum absolute atomic E-state index is 0.108. The Labute approximate surface area is 329 Å². The standard InChI is InChI=1S/C44H70O11/c1-3-5-7-9-11-13-15-16-17-18-19-20-21-22-23-25-26-28-30-32-37(45)52-34-36(35-53-44-41(49)39(47)40(48)42(55-44)43(50)51)54-38(46)33-31-29-27-24-14-12-10-8-6-4-2/h5,7,11,13,16-17,19-20,22-23,26,28,36,39-42,44,47-49H,3-4,6,8-10,12,14-15,18,21,24-25,27,29-35H2,1-2H3,(H,50,51)/b7-5-,13-11-,17-16-,20-19-,23-22-,28-26-. The number of aliphatic hydroxyl groups is 3. The van der Waals surface area contributed by atoms with Gasteiger partial charge in [-0.15, -0.1) is 0 Å². The first-order valence-electron chi connectivity index (χ1n) is 20.5. The molecule has 0 amide bonds. The summed E-state index contributed by atoms with van der Waals surface area (Å²) in [6.45, 7) is 3.59. The molecule has 0 bridgehead atoms. The van der Waals surface area contributed by atoms with Crippen LogP contribution in [0.15, 0.2) is 72.9 Å². The van der Waals surface area contributed by atoms with Gasteiger partial charge in [0.05, 0.1) is 6.61 Å². The third-order valence-corrected chi connectivity index (χ3v) is 8.83. The topological polar surface area (TPSA) is 169 Å². The van der Waals surface area contributed by atoms with E-state index in [0.717, 1.165) is 57.8 Å². The minimum Gasteiger partial charge on any atom is -0.479 e. The largest absolute Gasteiger partial charge is 0.479 e. The molecule has 55 heavy (non-hydrogen) atoms. The molecule has 1 heterocycles. The number of aliphatic hydroxyl groups excluding tert-OH is 3. The summed E-state index contributed by atoms with van der Waals surface area (Å²) in [5.74, 6) is -2.56. The molecule has 1 saturated heterocycles. The van der Waals surface area contributed by atoms with E-state index in [0.29, 0.717) is 12.8 Å². The highest BCUT2D eigenvalue weighted by Gasteiger charge is 2.47. The maximum absolute atomic E-state index is 12.7. The molecule has 0 aromatic carbocycles. The van der Waals surface area contributed by atoms with E-state index in [4.69, 9.17) is 18.9 Å². The van der Waals surface area contributed by atoms with Crippen molar-refractivity contribution >= 4 is 17.9 Å². The highest BCUT2D eigenvalue weighted by Crippen LogP contribution is 2.23. The van der Waals surface area contributed by atoms with Crippen LogP contribution in [0.1, 0.15) is 136 Å². The Morgan fingerprint density at radius 1 is 0.582 bits per heavy atom. The second kappa shape index (κ2) is 33.9. The van der Waals surface area contributed by atoms with Gasteiger partial charge in [-0.3, -0.25) is 9.59 Å². The molecule has 1 aliphatic rings. The average molecular weight is 775 g/mol. The number of aliphatic carboxylic acids is 1. The van der Waals surface area contributed by atoms with Gasteiger partial charge in [-0.25, -0.2) is 4.79 Å². The summed E-state index contributed by atoms with van der Waals surface area (Å²) in [5.41, 5.74) is 0. The maximum atomic E-state index is 12.7. The van der Waals surface area contributed by atoms with Gasteiger partial charge in [0.1, 0.15) is 24.9 Å². The van der Waals surface area contributed by atoms with Crippen molar-refractivity contribution in [3.8, 4) is 0 Å². The number of hydrogen-bond acceptors (Lipinski definition) is 10. The van der Waals surface area contributed by atoms with Crippen LogP contribution in [-0.2, 0) is 33.3 Å². The molecule has 0 aromatic rings. The minimum atomic E-state index is -1.87. The quantitative estimate of drug-likeness (QED) is 0.0296. The number of unbranched alkanes of at least 4 members (excludes halogenated alkanes) is 9. The molecule has 0 aliphatic carbocycles. The van der Waals surface area contributed by atoms with Crippen LogP contribution in [0.25, 0.3) is 0 Å². The molecule has 11 nitrogen and oxygen atoms in total. The Morgan fingerprint density at radius 2 is 1.07 bits per heavy atom. The van der Waals surface area contributed by atoms with Crippen molar-refractivity contribution in [1.29, 1.82) is 0 Å². The highest BCUT2D eigenvalue weighted by molar-refractivity contribution is 5.73. The molecule has 1 rings (SSSR count). The number of rotatable bonds is 32. The second-order valence-electron chi connectivity index (χ2n) is 13.7. The number of hydrogen-bond donors (Lipinski definition) is 4. The van der Waals surface area contributed by atoms with Gasteiger partial charge in [-0.1, -0.05) is 145 Å². The Kier molecular flexibility index (Phi) is 30.7. The summed E-state index contributed by atoms with van der Waals surface area (Å²) in [7, 11) is 0. The lowest BCUT2D eigenvalue weighted by atomic mass is 9.99. The number of carbonyl (C=O) groups is 3. The van der Waals surface area contributed by atoms with Crippen molar-refractivity contribution in [2.45, 2.75) is 173 Å². The van der Waals surface area contributed by atoms with Crippen LogP contribution >= 0.6 is 0 Å². The predicted octanol–water partition coefficient (Wildman–Crippen LogP) is 8.14. The van der Waals surface area contributed by atoms with E-state index in [1.165, 1.54) is 38.5 Å². The Morgan fingerprint density at radius 3 is 1.58 bits per heavy atom. The van der Waals surface area contributed by atoms with E-state index in [9.17, 15) is 34.8 Å². The van der Waals surface area contributed by atoms with E-state index < -0.39 is 61.3 Å². The number of carboxylic acid groups (broad SMARTS) is 1. The van der Waals surface area contributed by atoms with Gasteiger partial charge in [0.15, 0.2) is 18.5 Å². The van der Waals surface area contributed by atoms with Gasteiger partial charge in [0, 0.05) is 12.8 Å². The molecule has 0 aromatic heterocycles. The van der Waals surface area contributed by atoms with Crippen LogP contribution < -0.4 is 0 Å². The van der Waals surface area contributed by atoms with Crippen molar-refractivity contribution in [3.63, 3.8) is 0 Å². The lowest BCUT2D eigenvalue weighted by Gasteiger charge is -2.38. The summed E-state index contributed by atoms with van der Waals surface area (Å²) in [5, 5.41) is 39.7. The first-order chi connectivity index (χ1) is 26.7. The van der Waals surface area contributed by atoms with E-state index in [-0.39, 0.29) is 19.4 Å². The summed E-state index contributed by atoms with van der Waals surface area (Å²) in [6, 6.07) is 0. The van der Waals surface area contributed by atoms with Gasteiger partial charge in [-0.2, -0.15) is 0 Å². The first kappa shape index (κ1) is 49.7. The molecule has 6 unspecified atom stereocenters. The SMILES string of the molecule is CC/C=C\C/C=C\C/C=C\C/C=C\C/C=C\C/C=C\CCC(=O)OCC(COC1OC(C(=O)O)C(O)C(O)C1O)OC(=O)CCCCCCCCCCCC. The Hall–Kier alpha value is -3.35. The fourth-order valence-corrected chi connectivity index (χ4v) is 5.61. The van der Waals surface area contributed by atoms with Crippen LogP contribution in [0.2, 0.25) is 0 Å². The van der Waals surface area contributed by atoms with Crippen molar-refractivity contribution < 1.29 is 53.8 Å². The summed E-state index contributed by atoms with van der Waals surface area (Å²) < 4.78 is 21.6. The molecular formula is C44H70O11. The molecule has 0 spiro atoms. The highest BCUT2D eigenvalue weighted by atomic mass is 16.7. The number of ether oxygens (including phenoxy) is 4. The Balaban J connectivity index is 2.45. The van der Waals surface area contributed by atoms with Gasteiger partial charge in [-0.05, 0) is 51.4 Å². The lowest BCUT2D eigenvalue weighted by Crippen LogP contribution is -2.60. The van der Waals surface area contributed by atoms with Gasteiger partial charge in [0.25, 0.3) is 0 Å². The zero-order chi connectivity index (χ0) is 40.4. The average Bonchev–Trinajstić information content (AvgIpc) is 3.17. The molecule has 6 atom stereocenters. The Bertz CT molecular complexity index is 1190. The van der Waals surface area contributed by atoms with Crippen LogP contribution in [0.4, 0.5) is 0 Å². The monoisotopic (exact) mass is 774 g/mol. The van der Waals surface area contributed by atoms with E-state index in [1.807, 2.05) is 12.2 Å². The molecule has 312 valence electrons. The first-order valence-corrected chi connectivity index (χ1v) is 20.5. The third kappa shape index (κ3) is 26.2. The zero-order valence-electron chi connectivity index (χ0n) is 33.4.